The van der Waals surface area contributed by atoms with Gasteiger partial charge in [0.2, 0.25) is 5.82 Å². The third kappa shape index (κ3) is 5.54. The van der Waals surface area contributed by atoms with Gasteiger partial charge in [-0.25, -0.2) is 0 Å². The Morgan fingerprint density at radius 3 is 2.69 bits per heavy atom. The van der Waals surface area contributed by atoms with Crippen LogP contribution < -0.4 is 16.2 Å². The lowest BCUT2D eigenvalue weighted by Gasteiger charge is -2.12. The Morgan fingerprint density at radius 2 is 1.93 bits per heavy atom. The molecule has 150 valence electrons. The third-order valence-electron chi connectivity index (χ3n) is 3.68. The SMILES string of the molecule is Cc1ccc(NC(=S)NNC(=O)Cn2nnc(-c3cccc(Cl)c3Cl)n2)cc1Cl. The van der Waals surface area contributed by atoms with E-state index in [9.17, 15) is 4.79 Å². The molecule has 0 spiro atoms. The Bertz CT molecular complexity index is 1070. The van der Waals surface area contributed by atoms with Gasteiger partial charge in [0, 0.05) is 16.3 Å². The Kier molecular flexibility index (Phi) is 6.86. The lowest BCUT2D eigenvalue weighted by Crippen LogP contribution is -2.45. The zero-order valence-electron chi connectivity index (χ0n) is 14.9. The molecule has 0 aliphatic carbocycles. The normalized spacial score (nSPS) is 10.5. The molecule has 0 saturated heterocycles. The number of hydrogen-bond donors (Lipinski definition) is 3. The fourth-order valence-electron chi connectivity index (χ4n) is 2.22. The van der Waals surface area contributed by atoms with E-state index < -0.39 is 5.91 Å². The molecule has 0 aliphatic heterocycles. The molecule has 8 nitrogen and oxygen atoms in total. The summed E-state index contributed by atoms with van der Waals surface area (Å²) >= 11 is 23.3. The van der Waals surface area contributed by atoms with E-state index in [0.29, 0.717) is 26.3 Å². The molecule has 1 aromatic heterocycles. The van der Waals surface area contributed by atoms with Gasteiger partial charge in [-0.3, -0.25) is 15.6 Å². The second-order valence-corrected chi connectivity index (χ2v) is 7.44. The van der Waals surface area contributed by atoms with Crippen LogP contribution in [-0.4, -0.2) is 31.2 Å². The van der Waals surface area contributed by atoms with Gasteiger partial charge < -0.3 is 5.32 Å². The van der Waals surface area contributed by atoms with Gasteiger partial charge in [0.25, 0.3) is 5.91 Å². The minimum absolute atomic E-state index is 0.183. The zero-order chi connectivity index (χ0) is 21.0. The topological polar surface area (TPSA) is 96.8 Å². The van der Waals surface area contributed by atoms with Crippen LogP contribution in [0.25, 0.3) is 11.4 Å². The number of amides is 1. The first kappa shape index (κ1) is 21.3. The Hall–Kier alpha value is -2.46. The highest BCUT2D eigenvalue weighted by atomic mass is 35.5. The summed E-state index contributed by atoms with van der Waals surface area (Å²) in [5.74, 6) is -0.177. The maximum atomic E-state index is 12.1. The Balaban J connectivity index is 1.53. The van der Waals surface area contributed by atoms with E-state index in [1.165, 1.54) is 0 Å². The first-order chi connectivity index (χ1) is 13.8. The predicted molar refractivity (Wildman–Crippen MR) is 117 cm³/mol. The molecule has 0 saturated carbocycles. The highest BCUT2D eigenvalue weighted by Gasteiger charge is 2.13. The molecule has 1 amide bonds. The summed E-state index contributed by atoms with van der Waals surface area (Å²) in [6, 6.07) is 10.5. The largest absolute Gasteiger partial charge is 0.331 e. The number of hydrogen-bond acceptors (Lipinski definition) is 5. The molecular weight excluding hydrogens is 457 g/mol. The fraction of sp³-hybridized carbons (Fsp3) is 0.118. The number of tetrazole rings is 1. The molecule has 0 aliphatic rings. The standard InChI is InChI=1S/C17H14Cl3N7OS/c1-9-5-6-10(7-13(9)19)21-17(29)24-22-14(28)8-27-25-16(23-26-27)11-3-2-4-12(18)15(11)20/h2-7H,8H2,1H3,(H,22,28)(H2,21,24,29). The minimum atomic E-state index is -0.433. The van der Waals surface area contributed by atoms with Crippen LogP contribution in [0.3, 0.4) is 0 Å². The quantitative estimate of drug-likeness (QED) is 0.396. The predicted octanol–water partition coefficient (Wildman–Crippen LogP) is 3.63. The van der Waals surface area contributed by atoms with Gasteiger partial charge in [-0.15, -0.1) is 10.2 Å². The summed E-state index contributed by atoms with van der Waals surface area (Å²) in [5, 5.41) is 16.3. The van der Waals surface area contributed by atoms with Gasteiger partial charge >= 0.3 is 0 Å². The van der Waals surface area contributed by atoms with Gasteiger partial charge in [-0.1, -0.05) is 46.9 Å². The highest BCUT2D eigenvalue weighted by Crippen LogP contribution is 2.31. The van der Waals surface area contributed by atoms with Crippen LogP contribution >= 0.6 is 47.0 Å². The summed E-state index contributed by atoms with van der Waals surface area (Å²) in [4.78, 5) is 13.2. The average molecular weight is 471 g/mol. The van der Waals surface area contributed by atoms with Crippen molar-refractivity contribution in [1.82, 2.24) is 31.1 Å². The first-order valence-corrected chi connectivity index (χ1v) is 9.72. The molecule has 0 bridgehead atoms. The van der Waals surface area contributed by atoms with Gasteiger partial charge in [0.1, 0.15) is 6.54 Å². The highest BCUT2D eigenvalue weighted by molar-refractivity contribution is 7.80. The number of carbonyl (C=O) groups excluding carboxylic acids is 1. The van der Waals surface area contributed by atoms with Crippen LogP contribution in [0, 0.1) is 6.92 Å². The van der Waals surface area contributed by atoms with Gasteiger partial charge in [0.15, 0.2) is 5.11 Å². The van der Waals surface area contributed by atoms with Crippen molar-refractivity contribution in [3.8, 4) is 11.4 Å². The van der Waals surface area contributed by atoms with Crippen molar-refractivity contribution in [2.45, 2.75) is 13.5 Å². The molecular formula is C17H14Cl3N7OS. The molecule has 0 radical (unpaired) electrons. The number of nitrogens with one attached hydrogen (secondary N) is 3. The third-order valence-corrected chi connectivity index (χ3v) is 5.11. The summed E-state index contributed by atoms with van der Waals surface area (Å²) in [6.45, 7) is 1.71. The minimum Gasteiger partial charge on any atom is -0.331 e. The van der Waals surface area contributed by atoms with Gasteiger partial charge in [0.05, 0.1) is 10.0 Å². The van der Waals surface area contributed by atoms with Crippen molar-refractivity contribution in [2.75, 3.05) is 5.32 Å². The number of carbonyl (C=O) groups is 1. The number of anilines is 1. The van der Waals surface area contributed by atoms with Crippen molar-refractivity contribution in [3.63, 3.8) is 0 Å². The van der Waals surface area contributed by atoms with E-state index in [1.54, 1.807) is 24.3 Å². The van der Waals surface area contributed by atoms with E-state index >= 15 is 0 Å². The Labute approximate surface area is 186 Å². The smallest absolute Gasteiger partial charge is 0.262 e. The average Bonchev–Trinajstić information content (AvgIpc) is 3.13. The van der Waals surface area contributed by atoms with Crippen LogP contribution in [0.1, 0.15) is 5.56 Å². The van der Waals surface area contributed by atoms with E-state index in [2.05, 4.69) is 31.6 Å². The lowest BCUT2D eigenvalue weighted by atomic mass is 10.2. The monoisotopic (exact) mass is 469 g/mol. The van der Waals surface area contributed by atoms with E-state index in [1.807, 2.05) is 19.1 Å². The molecule has 3 aromatic rings. The lowest BCUT2D eigenvalue weighted by molar-refractivity contribution is -0.122. The molecule has 29 heavy (non-hydrogen) atoms. The molecule has 3 rings (SSSR count). The van der Waals surface area contributed by atoms with E-state index in [4.69, 9.17) is 47.0 Å². The summed E-state index contributed by atoms with van der Waals surface area (Å²) in [7, 11) is 0. The second kappa shape index (κ2) is 9.36. The maximum absolute atomic E-state index is 12.1. The number of benzene rings is 2. The van der Waals surface area contributed by atoms with Gasteiger partial charge in [-0.05, 0) is 54.2 Å². The number of rotatable bonds is 4. The number of aromatic nitrogens is 4. The van der Waals surface area contributed by atoms with E-state index in [-0.39, 0.29) is 17.5 Å². The molecule has 0 unspecified atom stereocenters. The van der Waals surface area contributed by atoms with Crippen molar-refractivity contribution >= 4 is 63.7 Å². The van der Waals surface area contributed by atoms with Crippen LogP contribution in [0.5, 0.6) is 0 Å². The molecule has 1 heterocycles. The molecule has 2 aromatic carbocycles. The number of aryl methyl sites for hydroxylation is 1. The van der Waals surface area contributed by atoms with Gasteiger partial charge in [-0.2, -0.15) is 4.80 Å². The van der Waals surface area contributed by atoms with Crippen LogP contribution in [0.2, 0.25) is 15.1 Å². The number of halogens is 3. The van der Waals surface area contributed by atoms with Crippen LogP contribution in [0.4, 0.5) is 5.69 Å². The van der Waals surface area contributed by atoms with Crippen molar-refractivity contribution < 1.29 is 4.79 Å². The molecule has 0 atom stereocenters. The van der Waals surface area contributed by atoms with Crippen LogP contribution in [-0.2, 0) is 11.3 Å². The van der Waals surface area contributed by atoms with Crippen LogP contribution in [0.15, 0.2) is 36.4 Å². The fourth-order valence-corrected chi connectivity index (χ4v) is 2.96. The molecule has 3 N–H and O–H groups in total. The van der Waals surface area contributed by atoms with Crippen molar-refractivity contribution in [2.24, 2.45) is 0 Å². The summed E-state index contributed by atoms with van der Waals surface area (Å²) in [5.41, 5.74) is 7.19. The van der Waals surface area contributed by atoms with E-state index in [0.717, 1.165) is 10.4 Å². The first-order valence-electron chi connectivity index (χ1n) is 8.17. The summed E-state index contributed by atoms with van der Waals surface area (Å²) in [6.07, 6.45) is 0. The van der Waals surface area contributed by atoms with Crippen molar-refractivity contribution in [1.29, 1.82) is 0 Å². The number of hydrazine groups is 1. The Morgan fingerprint density at radius 1 is 1.14 bits per heavy atom. The second-order valence-electron chi connectivity index (χ2n) is 5.84. The molecule has 12 heteroatoms. The number of thiocarbonyl (C=S) groups is 1. The molecule has 0 fully saturated rings. The maximum Gasteiger partial charge on any atom is 0.262 e. The summed E-state index contributed by atoms with van der Waals surface area (Å²) < 4.78 is 0. The van der Waals surface area contributed by atoms with Crippen molar-refractivity contribution in [3.05, 3.63) is 57.0 Å². The zero-order valence-corrected chi connectivity index (χ0v) is 18.0. The number of nitrogens with zero attached hydrogens (tertiary/aromatic N) is 4.